The number of ether oxygens (including phenoxy) is 1. The molecule has 1 aliphatic rings. The second kappa shape index (κ2) is 6.86. The van der Waals surface area contributed by atoms with Crippen molar-refractivity contribution in [2.24, 2.45) is 0 Å². The van der Waals surface area contributed by atoms with Gasteiger partial charge in [-0.05, 0) is 33.1 Å². The highest BCUT2D eigenvalue weighted by molar-refractivity contribution is 5.71. The molecule has 0 saturated heterocycles. The van der Waals surface area contributed by atoms with Crippen molar-refractivity contribution in [1.29, 1.82) is 0 Å². The lowest BCUT2D eigenvalue weighted by molar-refractivity contribution is -0.149. The molecular weight excluding hydrogens is 206 g/mol. The molecule has 0 spiro atoms. The van der Waals surface area contributed by atoms with Crippen molar-refractivity contribution in [2.75, 3.05) is 19.7 Å². The topological polar surface area (TPSA) is 49.8 Å². The highest BCUT2D eigenvalue weighted by atomic mass is 16.5. The maximum Gasteiger partial charge on any atom is 0.320 e. The number of aliphatic hydroxyl groups excluding tert-OH is 1. The molecule has 16 heavy (non-hydrogen) atoms. The van der Waals surface area contributed by atoms with E-state index < -0.39 is 0 Å². The predicted octanol–water partition coefficient (Wildman–Crippen LogP) is 1.17. The predicted molar refractivity (Wildman–Crippen MR) is 62.1 cm³/mol. The second-order valence-electron chi connectivity index (χ2n) is 4.67. The summed E-state index contributed by atoms with van der Waals surface area (Å²) in [7, 11) is 0. The SMILES string of the molecule is CC(C)OC(=O)CN(CCCO)C1CCC1. The van der Waals surface area contributed by atoms with Gasteiger partial charge in [0.25, 0.3) is 0 Å². The van der Waals surface area contributed by atoms with Gasteiger partial charge < -0.3 is 9.84 Å². The van der Waals surface area contributed by atoms with Crippen LogP contribution in [0.15, 0.2) is 0 Å². The smallest absolute Gasteiger partial charge is 0.320 e. The number of carbonyl (C=O) groups excluding carboxylic acids is 1. The molecule has 0 bridgehead atoms. The number of esters is 1. The summed E-state index contributed by atoms with van der Waals surface area (Å²) in [6.07, 6.45) is 4.26. The fourth-order valence-corrected chi connectivity index (χ4v) is 1.88. The monoisotopic (exact) mass is 229 g/mol. The molecule has 0 aromatic rings. The van der Waals surface area contributed by atoms with Crippen LogP contribution in [-0.4, -0.2) is 47.8 Å². The van der Waals surface area contributed by atoms with E-state index >= 15 is 0 Å². The van der Waals surface area contributed by atoms with Crippen LogP contribution in [0.1, 0.15) is 39.5 Å². The average Bonchev–Trinajstić information content (AvgIpc) is 2.09. The molecule has 0 aliphatic heterocycles. The molecule has 1 fully saturated rings. The molecule has 4 nitrogen and oxygen atoms in total. The van der Waals surface area contributed by atoms with Gasteiger partial charge in [0.05, 0.1) is 12.6 Å². The molecule has 0 amide bonds. The minimum Gasteiger partial charge on any atom is -0.462 e. The third-order valence-electron chi connectivity index (χ3n) is 2.89. The summed E-state index contributed by atoms with van der Waals surface area (Å²) >= 11 is 0. The standard InChI is InChI=1S/C12H23NO3/c1-10(2)16-12(15)9-13(7-4-8-14)11-5-3-6-11/h10-11,14H,3-9H2,1-2H3. The van der Waals surface area contributed by atoms with Gasteiger partial charge in [-0.25, -0.2) is 0 Å². The van der Waals surface area contributed by atoms with Crippen LogP contribution in [0.4, 0.5) is 0 Å². The van der Waals surface area contributed by atoms with E-state index in [-0.39, 0.29) is 18.7 Å². The van der Waals surface area contributed by atoms with Crippen LogP contribution in [-0.2, 0) is 9.53 Å². The molecule has 0 radical (unpaired) electrons. The Balaban J connectivity index is 2.33. The van der Waals surface area contributed by atoms with Crippen LogP contribution in [0.5, 0.6) is 0 Å². The molecule has 1 saturated carbocycles. The van der Waals surface area contributed by atoms with Gasteiger partial charge in [0, 0.05) is 19.2 Å². The molecule has 0 aromatic carbocycles. The molecule has 0 aromatic heterocycles. The van der Waals surface area contributed by atoms with Crippen molar-refractivity contribution < 1.29 is 14.6 Å². The summed E-state index contributed by atoms with van der Waals surface area (Å²) in [6.45, 7) is 5.05. The Labute approximate surface area is 97.6 Å². The molecule has 0 unspecified atom stereocenters. The molecule has 0 heterocycles. The van der Waals surface area contributed by atoms with E-state index in [1.807, 2.05) is 13.8 Å². The van der Waals surface area contributed by atoms with E-state index in [2.05, 4.69) is 4.90 Å². The molecule has 4 heteroatoms. The number of aliphatic hydroxyl groups is 1. The van der Waals surface area contributed by atoms with E-state index in [9.17, 15) is 4.79 Å². The maximum absolute atomic E-state index is 11.5. The summed E-state index contributed by atoms with van der Waals surface area (Å²) in [5.41, 5.74) is 0. The molecular formula is C12H23NO3. The van der Waals surface area contributed by atoms with Crippen molar-refractivity contribution in [3.05, 3.63) is 0 Å². The number of carbonyl (C=O) groups is 1. The largest absolute Gasteiger partial charge is 0.462 e. The Morgan fingerprint density at radius 1 is 1.50 bits per heavy atom. The third-order valence-corrected chi connectivity index (χ3v) is 2.89. The maximum atomic E-state index is 11.5. The Morgan fingerprint density at radius 3 is 2.62 bits per heavy atom. The zero-order chi connectivity index (χ0) is 12.0. The van der Waals surface area contributed by atoms with Gasteiger partial charge in [0.1, 0.15) is 0 Å². The van der Waals surface area contributed by atoms with Crippen LogP contribution < -0.4 is 0 Å². The lowest BCUT2D eigenvalue weighted by Gasteiger charge is -2.36. The lowest BCUT2D eigenvalue weighted by Crippen LogP contribution is -2.44. The molecule has 1 aliphatic carbocycles. The zero-order valence-corrected chi connectivity index (χ0v) is 10.3. The van der Waals surface area contributed by atoms with E-state index in [1.54, 1.807) is 0 Å². The Kier molecular flexibility index (Phi) is 5.77. The van der Waals surface area contributed by atoms with E-state index in [4.69, 9.17) is 9.84 Å². The molecule has 0 atom stereocenters. The van der Waals surface area contributed by atoms with Gasteiger partial charge in [-0.3, -0.25) is 9.69 Å². The van der Waals surface area contributed by atoms with Crippen LogP contribution in [0.3, 0.4) is 0 Å². The van der Waals surface area contributed by atoms with E-state index in [0.717, 1.165) is 13.0 Å². The van der Waals surface area contributed by atoms with E-state index in [0.29, 0.717) is 12.6 Å². The number of hydrogen-bond acceptors (Lipinski definition) is 4. The minimum atomic E-state index is -0.153. The average molecular weight is 229 g/mol. The summed E-state index contributed by atoms with van der Waals surface area (Å²) < 4.78 is 5.14. The summed E-state index contributed by atoms with van der Waals surface area (Å²) in [4.78, 5) is 13.7. The number of rotatable bonds is 7. The summed E-state index contributed by atoms with van der Waals surface area (Å²) in [5, 5.41) is 8.82. The van der Waals surface area contributed by atoms with Crippen LogP contribution in [0.25, 0.3) is 0 Å². The summed E-state index contributed by atoms with van der Waals surface area (Å²) in [5.74, 6) is -0.153. The summed E-state index contributed by atoms with van der Waals surface area (Å²) in [6, 6.07) is 0.520. The van der Waals surface area contributed by atoms with Gasteiger partial charge >= 0.3 is 5.97 Å². The first kappa shape index (κ1) is 13.5. The van der Waals surface area contributed by atoms with E-state index in [1.165, 1.54) is 19.3 Å². The van der Waals surface area contributed by atoms with Gasteiger partial charge in [-0.15, -0.1) is 0 Å². The van der Waals surface area contributed by atoms with Gasteiger partial charge in [-0.1, -0.05) is 6.42 Å². The first-order valence-electron chi connectivity index (χ1n) is 6.18. The normalized spacial score (nSPS) is 16.6. The first-order chi connectivity index (χ1) is 7.63. The highest BCUT2D eigenvalue weighted by Crippen LogP contribution is 2.24. The van der Waals surface area contributed by atoms with Crippen molar-refractivity contribution in [3.8, 4) is 0 Å². The fourth-order valence-electron chi connectivity index (χ4n) is 1.88. The first-order valence-corrected chi connectivity index (χ1v) is 6.18. The van der Waals surface area contributed by atoms with Crippen molar-refractivity contribution in [2.45, 2.75) is 51.7 Å². The molecule has 1 N–H and O–H groups in total. The van der Waals surface area contributed by atoms with Crippen LogP contribution in [0, 0.1) is 0 Å². The van der Waals surface area contributed by atoms with Crippen LogP contribution in [0.2, 0.25) is 0 Å². The minimum absolute atomic E-state index is 0.0476. The van der Waals surface area contributed by atoms with Gasteiger partial charge in [0.15, 0.2) is 0 Å². The van der Waals surface area contributed by atoms with Crippen LogP contribution >= 0.6 is 0 Å². The van der Waals surface area contributed by atoms with Crippen molar-refractivity contribution >= 4 is 5.97 Å². The third kappa shape index (κ3) is 4.49. The van der Waals surface area contributed by atoms with Gasteiger partial charge in [-0.2, -0.15) is 0 Å². The highest BCUT2D eigenvalue weighted by Gasteiger charge is 2.26. The number of nitrogens with zero attached hydrogens (tertiary/aromatic N) is 1. The lowest BCUT2D eigenvalue weighted by atomic mass is 9.91. The quantitative estimate of drug-likeness (QED) is 0.666. The van der Waals surface area contributed by atoms with Gasteiger partial charge in [0.2, 0.25) is 0 Å². The Hall–Kier alpha value is -0.610. The zero-order valence-electron chi connectivity index (χ0n) is 10.3. The molecule has 1 rings (SSSR count). The Bertz CT molecular complexity index is 214. The molecule has 94 valence electrons. The van der Waals surface area contributed by atoms with Crippen molar-refractivity contribution in [1.82, 2.24) is 4.90 Å². The van der Waals surface area contributed by atoms with Crippen molar-refractivity contribution in [3.63, 3.8) is 0 Å². The fraction of sp³-hybridized carbons (Fsp3) is 0.917. The Morgan fingerprint density at radius 2 is 2.19 bits per heavy atom. The second-order valence-corrected chi connectivity index (χ2v) is 4.67. The number of hydrogen-bond donors (Lipinski definition) is 1.